The second kappa shape index (κ2) is 9.13. The molecule has 0 radical (unpaired) electrons. The average Bonchev–Trinajstić information content (AvgIpc) is 3.15. The molecule has 1 aliphatic heterocycles. The SMILES string of the molecule is CC(C)NC(=O)c1ccc(Cl)c(NC(=O)C2=NN(c3ccc(F)cc3)C(C(N)=O)C2)c1. The summed E-state index contributed by atoms with van der Waals surface area (Å²) in [5.74, 6) is -2.03. The van der Waals surface area contributed by atoms with Crippen LogP contribution in [0.1, 0.15) is 30.6 Å². The second-order valence-corrected chi connectivity index (χ2v) is 7.67. The second-order valence-electron chi connectivity index (χ2n) is 7.27. The van der Waals surface area contributed by atoms with Crippen LogP contribution in [0.4, 0.5) is 15.8 Å². The lowest BCUT2D eigenvalue weighted by Crippen LogP contribution is -2.39. The van der Waals surface area contributed by atoms with Gasteiger partial charge in [-0.3, -0.25) is 19.4 Å². The smallest absolute Gasteiger partial charge is 0.272 e. The topological polar surface area (TPSA) is 117 Å². The Morgan fingerprint density at radius 3 is 2.45 bits per heavy atom. The highest BCUT2D eigenvalue weighted by molar-refractivity contribution is 6.45. The molecule has 8 nitrogen and oxygen atoms in total. The van der Waals surface area contributed by atoms with Crippen LogP contribution in [0.25, 0.3) is 0 Å². The van der Waals surface area contributed by atoms with E-state index in [1.165, 1.54) is 41.4 Å². The van der Waals surface area contributed by atoms with E-state index in [1.54, 1.807) is 6.07 Å². The van der Waals surface area contributed by atoms with Crippen LogP contribution in [0, 0.1) is 5.82 Å². The predicted octanol–water partition coefficient (Wildman–Crippen LogP) is 2.68. The van der Waals surface area contributed by atoms with Crippen LogP contribution in [-0.2, 0) is 9.59 Å². The quantitative estimate of drug-likeness (QED) is 0.633. The van der Waals surface area contributed by atoms with Crippen molar-refractivity contribution >= 4 is 46.4 Å². The summed E-state index contributed by atoms with van der Waals surface area (Å²) in [6.07, 6.45) is -0.0380. The Hall–Kier alpha value is -3.46. The van der Waals surface area contributed by atoms with E-state index in [1.807, 2.05) is 13.8 Å². The molecule has 0 saturated carbocycles. The molecular weight excluding hydrogens is 425 g/mol. The summed E-state index contributed by atoms with van der Waals surface area (Å²) in [7, 11) is 0. The van der Waals surface area contributed by atoms with Crippen LogP contribution >= 0.6 is 11.6 Å². The first-order chi connectivity index (χ1) is 14.7. The number of hydrogen-bond donors (Lipinski definition) is 3. The molecule has 3 amide bonds. The number of benzene rings is 2. The number of hydrazone groups is 1. The minimum Gasteiger partial charge on any atom is -0.368 e. The molecule has 0 aliphatic carbocycles. The van der Waals surface area contributed by atoms with E-state index in [0.29, 0.717) is 11.3 Å². The predicted molar refractivity (Wildman–Crippen MR) is 117 cm³/mol. The summed E-state index contributed by atoms with van der Waals surface area (Å²) in [5.41, 5.74) is 6.47. The lowest BCUT2D eigenvalue weighted by Gasteiger charge is -2.20. The van der Waals surface area contributed by atoms with Gasteiger partial charge in [-0.1, -0.05) is 11.6 Å². The van der Waals surface area contributed by atoms with E-state index >= 15 is 0 Å². The molecule has 0 spiro atoms. The van der Waals surface area contributed by atoms with Crippen molar-refractivity contribution in [2.45, 2.75) is 32.4 Å². The summed E-state index contributed by atoms with van der Waals surface area (Å²) < 4.78 is 13.2. The van der Waals surface area contributed by atoms with E-state index in [0.717, 1.165) is 0 Å². The third kappa shape index (κ3) is 5.18. The minimum atomic E-state index is -0.898. The van der Waals surface area contributed by atoms with Crippen LogP contribution in [0.5, 0.6) is 0 Å². The van der Waals surface area contributed by atoms with Gasteiger partial charge in [0.15, 0.2) is 0 Å². The third-order valence-corrected chi connectivity index (χ3v) is 4.82. The molecule has 10 heteroatoms. The Morgan fingerprint density at radius 2 is 1.84 bits per heavy atom. The first kappa shape index (κ1) is 22.2. The van der Waals surface area contributed by atoms with Gasteiger partial charge in [0, 0.05) is 18.0 Å². The molecule has 0 fully saturated rings. The highest BCUT2D eigenvalue weighted by Gasteiger charge is 2.35. The van der Waals surface area contributed by atoms with Crippen LogP contribution < -0.4 is 21.4 Å². The standard InChI is InChI=1S/C21H21ClFN5O3/c1-11(2)25-20(30)12-3-8-15(22)16(9-12)26-21(31)17-10-18(19(24)29)28(27-17)14-6-4-13(23)5-7-14/h3-9,11,18H,10H2,1-2H3,(H2,24,29)(H,25,30)(H,26,31). The van der Waals surface area contributed by atoms with Crippen molar-refractivity contribution in [3.05, 3.63) is 58.9 Å². The molecule has 0 aromatic heterocycles. The molecule has 0 saturated heterocycles. The van der Waals surface area contributed by atoms with Gasteiger partial charge in [0.1, 0.15) is 17.6 Å². The summed E-state index contributed by atoms with van der Waals surface area (Å²) in [5, 5.41) is 11.1. The van der Waals surface area contributed by atoms with Gasteiger partial charge in [0.05, 0.1) is 16.4 Å². The number of anilines is 2. The van der Waals surface area contributed by atoms with Gasteiger partial charge in [-0.15, -0.1) is 0 Å². The molecule has 2 aromatic carbocycles. The lowest BCUT2D eigenvalue weighted by molar-refractivity contribution is -0.119. The molecule has 31 heavy (non-hydrogen) atoms. The molecule has 1 atom stereocenters. The van der Waals surface area contributed by atoms with E-state index in [2.05, 4.69) is 15.7 Å². The molecule has 4 N–H and O–H groups in total. The number of halogens is 2. The van der Waals surface area contributed by atoms with Gasteiger partial charge >= 0.3 is 0 Å². The number of carbonyl (C=O) groups excluding carboxylic acids is 3. The molecule has 1 aliphatic rings. The zero-order valence-corrected chi connectivity index (χ0v) is 17.6. The van der Waals surface area contributed by atoms with Crippen LogP contribution in [0.2, 0.25) is 5.02 Å². The van der Waals surface area contributed by atoms with Gasteiger partial charge < -0.3 is 16.4 Å². The molecule has 2 aromatic rings. The highest BCUT2D eigenvalue weighted by Crippen LogP contribution is 2.27. The monoisotopic (exact) mass is 445 g/mol. The van der Waals surface area contributed by atoms with Gasteiger partial charge in [-0.2, -0.15) is 5.10 Å². The fourth-order valence-corrected chi connectivity index (χ4v) is 3.17. The van der Waals surface area contributed by atoms with E-state index in [9.17, 15) is 18.8 Å². The van der Waals surface area contributed by atoms with Gasteiger partial charge in [0.2, 0.25) is 5.91 Å². The van der Waals surface area contributed by atoms with E-state index in [-0.39, 0.29) is 34.8 Å². The number of nitrogens with zero attached hydrogens (tertiary/aromatic N) is 2. The fourth-order valence-electron chi connectivity index (χ4n) is 3.00. The first-order valence-corrected chi connectivity index (χ1v) is 9.87. The van der Waals surface area contributed by atoms with Crippen molar-refractivity contribution in [3.8, 4) is 0 Å². The number of nitrogens with one attached hydrogen (secondary N) is 2. The van der Waals surface area contributed by atoms with Gasteiger partial charge in [-0.05, 0) is 56.3 Å². The maximum Gasteiger partial charge on any atom is 0.272 e. The Labute approximate surface area is 183 Å². The summed E-state index contributed by atoms with van der Waals surface area (Å²) >= 11 is 6.17. The summed E-state index contributed by atoms with van der Waals surface area (Å²) in [6.45, 7) is 3.66. The Morgan fingerprint density at radius 1 is 1.16 bits per heavy atom. The van der Waals surface area contributed by atoms with Gasteiger partial charge in [-0.25, -0.2) is 4.39 Å². The van der Waals surface area contributed by atoms with Crippen molar-refractivity contribution in [3.63, 3.8) is 0 Å². The fraction of sp³-hybridized carbons (Fsp3) is 0.238. The lowest BCUT2D eigenvalue weighted by atomic mass is 10.1. The van der Waals surface area contributed by atoms with E-state index in [4.69, 9.17) is 17.3 Å². The van der Waals surface area contributed by atoms with Crippen LogP contribution in [0.15, 0.2) is 47.6 Å². The number of nitrogens with two attached hydrogens (primary N) is 1. The average molecular weight is 446 g/mol. The summed E-state index contributed by atoms with van der Waals surface area (Å²) in [6, 6.07) is 8.84. The maximum absolute atomic E-state index is 13.2. The first-order valence-electron chi connectivity index (χ1n) is 9.49. The maximum atomic E-state index is 13.2. The number of primary amides is 1. The zero-order valence-electron chi connectivity index (χ0n) is 16.9. The highest BCUT2D eigenvalue weighted by atomic mass is 35.5. The Balaban J connectivity index is 1.83. The number of carbonyl (C=O) groups is 3. The summed E-state index contributed by atoms with van der Waals surface area (Å²) in [4.78, 5) is 36.9. The van der Waals surface area contributed by atoms with Crippen molar-refractivity contribution in [1.29, 1.82) is 0 Å². The van der Waals surface area contributed by atoms with Crippen molar-refractivity contribution in [1.82, 2.24) is 5.32 Å². The van der Waals surface area contributed by atoms with E-state index < -0.39 is 23.7 Å². The third-order valence-electron chi connectivity index (χ3n) is 4.49. The molecule has 0 bridgehead atoms. The Bertz CT molecular complexity index is 1060. The Kier molecular flexibility index (Phi) is 6.55. The molecule has 162 valence electrons. The molecular formula is C21H21ClFN5O3. The normalized spacial score (nSPS) is 15.6. The zero-order chi connectivity index (χ0) is 22.7. The van der Waals surface area contributed by atoms with Crippen molar-refractivity contribution < 1.29 is 18.8 Å². The van der Waals surface area contributed by atoms with Crippen LogP contribution in [-0.4, -0.2) is 35.5 Å². The molecule has 3 rings (SSSR count). The van der Waals surface area contributed by atoms with Crippen LogP contribution in [0.3, 0.4) is 0 Å². The number of hydrogen-bond acceptors (Lipinski definition) is 5. The molecule has 1 unspecified atom stereocenters. The van der Waals surface area contributed by atoms with Crippen molar-refractivity contribution in [2.75, 3.05) is 10.3 Å². The number of rotatable bonds is 6. The van der Waals surface area contributed by atoms with Gasteiger partial charge in [0.25, 0.3) is 11.8 Å². The molecule has 1 heterocycles. The minimum absolute atomic E-state index is 0.0380. The van der Waals surface area contributed by atoms with Crippen molar-refractivity contribution in [2.24, 2.45) is 10.8 Å². The number of amides is 3. The largest absolute Gasteiger partial charge is 0.368 e.